The molecule has 0 aromatic heterocycles. The molecule has 1 N–H and O–H groups in total. The molecule has 1 rings (SSSR count). The summed E-state index contributed by atoms with van der Waals surface area (Å²) >= 11 is 0. The molecule has 1 aromatic carbocycles. The number of hydrogen-bond acceptors (Lipinski definition) is 3. The monoisotopic (exact) mass is 241 g/mol. The van der Waals surface area contributed by atoms with E-state index in [1.807, 2.05) is 0 Å². The zero-order valence-corrected chi connectivity index (χ0v) is 8.91. The van der Waals surface area contributed by atoms with Gasteiger partial charge in [0.25, 0.3) is 0 Å². The molecule has 0 saturated carbocycles. The molecule has 0 bridgehead atoms. The van der Waals surface area contributed by atoms with Crippen LogP contribution in [0.25, 0.3) is 0 Å². The van der Waals surface area contributed by atoms with Crippen LogP contribution in [0.1, 0.15) is 16.7 Å². The first kappa shape index (κ1) is 12.9. The second kappa shape index (κ2) is 5.25. The van der Waals surface area contributed by atoms with Crippen molar-refractivity contribution in [3.63, 3.8) is 0 Å². The number of carboxylic acid groups (broad SMARTS) is 1. The summed E-state index contributed by atoms with van der Waals surface area (Å²) in [6, 6.07) is 4.17. The van der Waals surface area contributed by atoms with Gasteiger partial charge in [0.2, 0.25) is 0 Å². The SMILES string of the molecule is Cc1c(C#N)cc(OC(F)F)cc1CC(=O)O. The van der Waals surface area contributed by atoms with Crippen LogP contribution in [0.4, 0.5) is 8.78 Å². The second-order valence-corrected chi connectivity index (χ2v) is 3.32. The van der Waals surface area contributed by atoms with Crippen LogP contribution < -0.4 is 4.74 Å². The lowest BCUT2D eigenvalue weighted by atomic mass is 10.0. The fourth-order valence-corrected chi connectivity index (χ4v) is 1.38. The highest BCUT2D eigenvalue weighted by Crippen LogP contribution is 2.23. The number of benzene rings is 1. The molecule has 0 aliphatic heterocycles. The van der Waals surface area contributed by atoms with Gasteiger partial charge in [-0.2, -0.15) is 14.0 Å². The van der Waals surface area contributed by atoms with Crippen LogP contribution in [0.15, 0.2) is 12.1 Å². The lowest BCUT2D eigenvalue weighted by Crippen LogP contribution is -2.07. The highest BCUT2D eigenvalue weighted by Gasteiger charge is 2.13. The third-order valence-electron chi connectivity index (χ3n) is 2.18. The Morgan fingerprint density at radius 2 is 2.24 bits per heavy atom. The first-order chi connectivity index (χ1) is 7.93. The Labute approximate surface area is 96.0 Å². The number of nitrogens with zero attached hydrogens (tertiary/aromatic N) is 1. The zero-order valence-electron chi connectivity index (χ0n) is 8.91. The molecule has 0 spiro atoms. The summed E-state index contributed by atoms with van der Waals surface area (Å²) in [5.74, 6) is -1.32. The van der Waals surface area contributed by atoms with Gasteiger partial charge in [-0.05, 0) is 30.2 Å². The van der Waals surface area contributed by atoms with Gasteiger partial charge in [0.15, 0.2) is 0 Å². The van der Waals surface area contributed by atoms with Crippen molar-refractivity contribution in [3.05, 3.63) is 28.8 Å². The van der Waals surface area contributed by atoms with E-state index in [-0.39, 0.29) is 23.3 Å². The number of carboxylic acids is 1. The van der Waals surface area contributed by atoms with Gasteiger partial charge < -0.3 is 9.84 Å². The molecule has 0 heterocycles. The van der Waals surface area contributed by atoms with E-state index >= 15 is 0 Å². The molecular formula is C11H9F2NO3. The topological polar surface area (TPSA) is 70.3 Å². The maximum atomic E-state index is 12.0. The molecule has 90 valence electrons. The van der Waals surface area contributed by atoms with Gasteiger partial charge >= 0.3 is 12.6 Å². The second-order valence-electron chi connectivity index (χ2n) is 3.32. The molecule has 0 aliphatic rings. The third-order valence-corrected chi connectivity index (χ3v) is 2.18. The minimum atomic E-state index is -3.01. The van der Waals surface area contributed by atoms with E-state index in [4.69, 9.17) is 10.4 Å². The molecule has 1 aromatic rings. The number of alkyl halides is 2. The normalized spacial score (nSPS) is 10.1. The zero-order chi connectivity index (χ0) is 13.0. The Kier molecular flexibility index (Phi) is 3.99. The largest absolute Gasteiger partial charge is 0.481 e. The maximum Gasteiger partial charge on any atom is 0.387 e. The molecule has 0 radical (unpaired) electrons. The third kappa shape index (κ3) is 3.41. The van der Waals surface area contributed by atoms with Crippen molar-refractivity contribution in [3.8, 4) is 11.8 Å². The van der Waals surface area contributed by atoms with E-state index < -0.39 is 12.6 Å². The van der Waals surface area contributed by atoms with Crippen molar-refractivity contribution in [2.75, 3.05) is 0 Å². The molecule has 0 fully saturated rings. The Morgan fingerprint density at radius 3 is 2.71 bits per heavy atom. The summed E-state index contributed by atoms with van der Waals surface area (Å²) in [6.07, 6.45) is -0.346. The number of nitriles is 1. The number of hydrogen-bond donors (Lipinski definition) is 1. The van der Waals surface area contributed by atoms with Gasteiger partial charge in [0, 0.05) is 0 Å². The predicted octanol–water partition coefficient (Wildman–Crippen LogP) is 2.10. The number of rotatable bonds is 4. The van der Waals surface area contributed by atoms with Crippen LogP contribution >= 0.6 is 0 Å². The first-order valence-corrected chi connectivity index (χ1v) is 4.64. The first-order valence-electron chi connectivity index (χ1n) is 4.64. The molecule has 0 amide bonds. The van der Waals surface area contributed by atoms with Gasteiger partial charge in [0.1, 0.15) is 5.75 Å². The highest BCUT2D eigenvalue weighted by atomic mass is 19.3. The Morgan fingerprint density at radius 1 is 1.59 bits per heavy atom. The number of ether oxygens (including phenoxy) is 1. The number of halogens is 2. The standard InChI is InChI=1S/C11H9F2NO3/c1-6-7(4-10(15)16)2-9(17-11(12)13)3-8(6)5-14/h2-3,11H,4H2,1H3,(H,15,16). The van der Waals surface area contributed by atoms with E-state index in [1.54, 1.807) is 13.0 Å². The molecule has 4 nitrogen and oxygen atoms in total. The average Bonchev–Trinajstić information content (AvgIpc) is 2.21. The molecule has 6 heteroatoms. The smallest absolute Gasteiger partial charge is 0.387 e. The van der Waals surface area contributed by atoms with Crippen molar-refractivity contribution < 1.29 is 23.4 Å². The molecule has 0 atom stereocenters. The summed E-state index contributed by atoms with van der Waals surface area (Å²) in [6.45, 7) is -1.45. The minimum Gasteiger partial charge on any atom is -0.481 e. The van der Waals surface area contributed by atoms with Gasteiger partial charge in [0.05, 0.1) is 18.1 Å². The van der Waals surface area contributed by atoms with E-state index in [0.29, 0.717) is 5.56 Å². The summed E-state index contributed by atoms with van der Waals surface area (Å²) in [5, 5.41) is 17.5. The maximum absolute atomic E-state index is 12.0. The summed E-state index contributed by atoms with van der Waals surface area (Å²) in [5.41, 5.74) is 0.864. The minimum absolute atomic E-state index is 0.124. The Bertz CT molecular complexity index is 480. The van der Waals surface area contributed by atoms with Crippen LogP contribution in [-0.2, 0) is 11.2 Å². The summed E-state index contributed by atoms with van der Waals surface area (Å²) < 4.78 is 28.2. The number of aliphatic carboxylic acids is 1. The van der Waals surface area contributed by atoms with Crippen molar-refractivity contribution >= 4 is 5.97 Å². The predicted molar refractivity (Wildman–Crippen MR) is 53.9 cm³/mol. The van der Waals surface area contributed by atoms with E-state index in [0.717, 1.165) is 6.07 Å². The highest BCUT2D eigenvalue weighted by molar-refractivity contribution is 5.71. The Hall–Kier alpha value is -2.16. The van der Waals surface area contributed by atoms with Gasteiger partial charge in [-0.1, -0.05) is 0 Å². The van der Waals surface area contributed by atoms with Crippen LogP contribution in [-0.4, -0.2) is 17.7 Å². The summed E-state index contributed by atoms with van der Waals surface area (Å²) in [4.78, 5) is 10.6. The van der Waals surface area contributed by atoms with Gasteiger partial charge in [-0.3, -0.25) is 4.79 Å². The number of carbonyl (C=O) groups is 1. The fraction of sp³-hybridized carbons (Fsp3) is 0.273. The van der Waals surface area contributed by atoms with E-state index in [9.17, 15) is 13.6 Å². The lowest BCUT2D eigenvalue weighted by Gasteiger charge is -2.10. The van der Waals surface area contributed by atoms with Crippen LogP contribution in [0.5, 0.6) is 5.75 Å². The van der Waals surface area contributed by atoms with Crippen molar-refractivity contribution in [1.29, 1.82) is 5.26 Å². The van der Waals surface area contributed by atoms with Crippen molar-refractivity contribution in [2.45, 2.75) is 20.0 Å². The van der Waals surface area contributed by atoms with Crippen molar-refractivity contribution in [1.82, 2.24) is 0 Å². The van der Waals surface area contributed by atoms with Crippen LogP contribution in [0.3, 0.4) is 0 Å². The molecule has 0 aliphatic carbocycles. The summed E-state index contributed by atoms with van der Waals surface area (Å²) in [7, 11) is 0. The van der Waals surface area contributed by atoms with Crippen LogP contribution in [0.2, 0.25) is 0 Å². The Balaban J connectivity index is 3.19. The average molecular weight is 241 g/mol. The molecule has 0 unspecified atom stereocenters. The molecule has 0 saturated heterocycles. The molecular weight excluding hydrogens is 232 g/mol. The van der Waals surface area contributed by atoms with E-state index in [2.05, 4.69) is 4.74 Å². The van der Waals surface area contributed by atoms with Gasteiger partial charge in [-0.15, -0.1) is 0 Å². The lowest BCUT2D eigenvalue weighted by molar-refractivity contribution is -0.136. The van der Waals surface area contributed by atoms with Gasteiger partial charge in [-0.25, -0.2) is 0 Å². The quantitative estimate of drug-likeness (QED) is 0.876. The van der Waals surface area contributed by atoms with Crippen molar-refractivity contribution in [2.24, 2.45) is 0 Å². The fourth-order valence-electron chi connectivity index (χ4n) is 1.38. The van der Waals surface area contributed by atoms with E-state index in [1.165, 1.54) is 6.07 Å². The van der Waals surface area contributed by atoms with Crippen LogP contribution in [0, 0.1) is 18.3 Å². The molecule has 17 heavy (non-hydrogen) atoms.